The van der Waals surface area contributed by atoms with Gasteiger partial charge in [-0.1, -0.05) is 48.5 Å². The van der Waals surface area contributed by atoms with E-state index in [0.29, 0.717) is 25.2 Å². The first-order valence-electron chi connectivity index (χ1n) is 9.00. The van der Waals surface area contributed by atoms with Gasteiger partial charge in [-0.3, -0.25) is 4.79 Å². The van der Waals surface area contributed by atoms with Crippen LogP contribution in [0.15, 0.2) is 60.7 Å². The lowest BCUT2D eigenvalue weighted by atomic mass is 9.93. The molecule has 2 aromatic carbocycles. The van der Waals surface area contributed by atoms with Crippen LogP contribution in [0.5, 0.6) is 0 Å². The Morgan fingerprint density at radius 1 is 1.00 bits per heavy atom. The highest BCUT2D eigenvalue weighted by molar-refractivity contribution is 5.96. The zero-order valence-corrected chi connectivity index (χ0v) is 15.4. The van der Waals surface area contributed by atoms with E-state index >= 15 is 0 Å². The van der Waals surface area contributed by atoms with Crippen molar-refractivity contribution in [3.8, 4) is 11.1 Å². The predicted octanol–water partition coefficient (Wildman–Crippen LogP) is 2.96. The van der Waals surface area contributed by atoms with Crippen LogP contribution in [-0.4, -0.2) is 34.2 Å². The fourth-order valence-corrected chi connectivity index (χ4v) is 2.97. The zero-order valence-electron chi connectivity index (χ0n) is 15.4. The van der Waals surface area contributed by atoms with Gasteiger partial charge in [0.1, 0.15) is 5.69 Å². The van der Waals surface area contributed by atoms with Gasteiger partial charge < -0.3 is 10.4 Å². The van der Waals surface area contributed by atoms with E-state index in [1.165, 1.54) is 0 Å². The number of carbonyl (C=O) groups is 1. The SMILES string of the molecule is Cc1c(CC(=O)c2ccc(CNCCO)nn2)cccc1-c1ccccc1. The second-order valence-corrected chi connectivity index (χ2v) is 6.37. The molecule has 1 aromatic heterocycles. The van der Waals surface area contributed by atoms with Crippen LogP contribution in [0.25, 0.3) is 11.1 Å². The largest absolute Gasteiger partial charge is 0.395 e. The fourth-order valence-electron chi connectivity index (χ4n) is 2.97. The molecule has 1 heterocycles. The van der Waals surface area contributed by atoms with Gasteiger partial charge in [-0.05, 0) is 41.3 Å². The summed E-state index contributed by atoms with van der Waals surface area (Å²) >= 11 is 0. The second kappa shape index (κ2) is 9.16. The average Bonchev–Trinajstić information content (AvgIpc) is 2.71. The number of benzene rings is 2. The van der Waals surface area contributed by atoms with Gasteiger partial charge in [0, 0.05) is 19.5 Å². The number of hydrogen-bond acceptors (Lipinski definition) is 5. The molecular weight excluding hydrogens is 338 g/mol. The van der Waals surface area contributed by atoms with Crippen molar-refractivity contribution in [1.29, 1.82) is 0 Å². The Morgan fingerprint density at radius 3 is 2.52 bits per heavy atom. The molecule has 3 aromatic rings. The van der Waals surface area contributed by atoms with Gasteiger partial charge in [0.25, 0.3) is 0 Å². The number of aromatic nitrogens is 2. The first-order valence-corrected chi connectivity index (χ1v) is 9.00. The summed E-state index contributed by atoms with van der Waals surface area (Å²) < 4.78 is 0. The third-order valence-electron chi connectivity index (χ3n) is 4.48. The average molecular weight is 361 g/mol. The minimum Gasteiger partial charge on any atom is -0.395 e. The van der Waals surface area contributed by atoms with Gasteiger partial charge in [0.05, 0.1) is 12.3 Å². The molecule has 27 heavy (non-hydrogen) atoms. The highest BCUT2D eigenvalue weighted by Crippen LogP contribution is 2.26. The molecule has 0 unspecified atom stereocenters. The summed E-state index contributed by atoms with van der Waals surface area (Å²) in [5.41, 5.74) is 5.49. The lowest BCUT2D eigenvalue weighted by Gasteiger charge is -2.11. The fraction of sp³-hybridized carbons (Fsp3) is 0.227. The molecule has 0 aliphatic heterocycles. The van der Waals surface area contributed by atoms with E-state index in [-0.39, 0.29) is 12.4 Å². The van der Waals surface area contributed by atoms with Crippen molar-refractivity contribution in [2.24, 2.45) is 0 Å². The summed E-state index contributed by atoms with van der Waals surface area (Å²) in [7, 11) is 0. The summed E-state index contributed by atoms with van der Waals surface area (Å²) in [4.78, 5) is 12.6. The lowest BCUT2D eigenvalue weighted by molar-refractivity contribution is 0.0987. The van der Waals surface area contributed by atoms with Gasteiger partial charge >= 0.3 is 0 Å². The number of hydrogen-bond donors (Lipinski definition) is 2. The number of Topliss-reactive ketones (excluding diaryl/α,β-unsaturated/α-hetero) is 1. The van der Waals surface area contributed by atoms with E-state index < -0.39 is 0 Å². The Bertz CT molecular complexity index is 893. The Balaban J connectivity index is 1.73. The minimum absolute atomic E-state index is 0.0503. The molecule has 0 fully saturated rings. The number of ketones is 1. The first kappa shape index (κ1) is 18.9. The quantitative estimate of drug-likeness (QED) is 0.477. The maximum Gasteiger partial charge on any atom is 0.187 e. The van der Waals surface area contributed by atoms with E-state index in [1.54, 1.807) is 12.1 Å². The van der Waals surface area contributed by atoms with E-state index in [1.807, 2.05) is 37.3 Å². The molecule has 0 aliphatic rings. The molecule has 0 saturated heterocycles. The number of nitrogens with one attached hydrogen (secondary N) is 1. The van der Waals surface area contributed by atoms with Crippen LogP contribution < -0.4 is 5.32 Å². The van der Waals surface area contributed by atoms with Crippen molar-refractivity contribution in [1.82, 2.24) is 15.5 Å². The molecule has 0 bridgehead atoms. The van der Waals surface area contributed by atoms with Crippen LogP contribution >= 0.6 is 0 Å². The number of aliphatic hydroxyl groups is 1. The highest BCUT2D eigenvalue weighted by atomic mass is 16.3. The first-order chi connectivity index (χ1) is 13.2. The molecule has 0 amide bonds. The summed E-state index contributed by atoms with van der Waals surface area (Å²) in [6.45, 7) is 3.14. The van der Waals surface area contributed by atoms with Crippen LogP contribution in [0.3, 0.4) is 0 Å². The van der Waals surface area contributed by atoms with Crippen molar-refractivity contribution in [2.45, 2.75) is 19.9 Å². The molecular formula is C22H23N3O2. The molecule has 0 radical (unpaired) electrons. The van der Waals surface area contributed by atoms with Crippen LogP contribution in [0, 0.1) is 6.92 Å². The Kier molecular flexibility index (Phi) is 6.41. The van der Waals surface area contributed by atoms with Crippen LogP contribution in [0.4, 0.5) is 0 Å². The smallest absolute Gasteiger partial charge is 0.187 e. The monoisotopic (exact) mass is 361 g/mol. The molecule has 2 N–H and O–H groups in total. The van der Waals surface area contributed by atoms with Crippen molar-refractivity contribution in [3.63, 3.8) is 0 Å². The van der Waals surface area contributed by atoms with Crippen molar-refractivity contribution >= 4 is 5.78 Å². The molecule has 138 valence electrons. The second-order valence-electron chi connectivity index (χ2n) is 6.37. The van der Waals surface area contributed by atoms with Crippen molar-refractivity contribution in [3.05, 3.63) is 83.2 Å². The summed E-state index contributed by atoms with van der Waals surface area (Å²) in [5.74, 6) is -0.0503. The number of carbonyl (C=O) groups excluding carboxylic acids is 1. The number of nitrogens with zero attached hydrogens (tertiary/aromatic N) is 2. The van der Waals surface area contributed by atoms with E-state index in [9.17, 15) is 4.79 Å². The molecule has 0 spiro atoms. The number of rotatable bonds is 8. The van der Waals surface area contributed by atoms with Gasteiger partial charge in [-0.2, -0.15) is 5.10 Å². The van der Waals surface area contributed by atoms with Crippen LogP contribution in [0.1, 0.15) is 27.3 Å². The van der Waals surface area contributed by atoms with Crippen LogP contribution in [0.2, 0.25) is 0 Å². The zero-order chi connectivity index (χ0) is 19.1. The lowest BCUT2D eigenvalue weighted by Crippen LogP contribution is -2.19. The molecule has 0 saturated carbocycles. The maximum absolute atomic E-state index is 12.6. The van der Waals surface area contributed by atoms with Crippen molar-refractivity contribution < 1.29 is 9.90 Å². The summed E-state index contributed by atoms with van der Waals surface area (Å²) in [6.07, 6.45) is 0.295. The third-order valence-corrected chi connectivity index (χ3v) is 4.48. The molecule has 3 rings (SSSR count). The number of aliphatic hydroxyl groups excluding tert-OH is 1. The molecule has 5 nitrogen and oxygen atoms in total. The van der Waals surface area contributed by atoms with Gasteiger partial charge in [-0.25, -0.2) is 0 Å². The van der Waals surface area contributed by atoms with Gasteiger partial charge in [0.15, 0.2) is 5.78 Å². The van der Waals surface area contributed by atoms with E-state index in [2.05, 4.69) is 33.7 Å². The predicted molar refractivity (Wildman–Crippen MR) is 105 cm³/mol. The Morgan fingerprint density at radius 2 is 1.81 bits per heavy atom. The topological polar surface area (TPSA) is 75.1 Å². The molecule has 0 aliphatic carbocycles. The molecule has 0 atom stereocenters. The van der Waals surface area contributed by atoms with Crippen LogP contribution in [-0.2, 0) is 13.0 Å². The minimum atomic E-state index is -0.0503. The maximum atomic E-state index is 12.6. The summed E-state index contributed by atoms with van der Waals surface area (Å²) in [6, 6.07) is 19.7. The summed E-state index contributed by atoms with van der Waals surface area (Å²) in [5, 5.41) is 20.0. The van der Waals surface area contributed by atoms with Gasteiger partial charge in [-0.15, -0.1) is 5.10 Å². The third kappa shape index (κ3) is 4.84. The van der Waals surface area contributed by atoms with Gasteiger partial charge in [0.2, 0.25) is 0 Å². The van der Waals surface area contributed by atoms with E-state index in [4.69, 9.17) is 5.11 Å². The highest BCUT2D eigenvalue weighted by Gasteiger charge is 2.13. The van der Waals surface area contributed by atoms with Crippen molar-refractivity contribution in [2.75, 3.05) is 13.2 Å². The normalized spacial score (nSPS) is 10.7. The van der Waals surface area contributed by atoms with E-state index in [0.717, 1.165) is 27.9 Å². The standard InChI is InChI=1S/C22H23N3O2/c1-16-18(8-5-9-20(16)17-6-3-2-4-7-17)14-22(27)21-11-10-19(24-25-21)15-23-12-13-26/h2-11,23,26H,12-15H2,1H3. The Labute approximate surface area is 159 Å². The molecule has 5 heteroatoms. The Hall–Kier alpha value is -2.89.